The zero-order chi connectivity index (χ0) is 27.1. The predicted molar refractivity (Wildman–Crippen MR) is 175 cm³/mol. The van der Waals surface area contributed by atoms with Crippen molar-refractivity contribution in [2.75, 3.05) is 11.9 Å². The van der Waals surface area contributed by atoms with Gasteiger partial charge in [-0.25, -0.2) is 0 Å². The summed E-state index contributed by atoms with van der Waals surface area (Å²) >= 11 is 0. The number of anilines is 2. The van der Waals surface area contributed by atoms with E-state index in [1.807, 2.05) is 0 Å². The summed E-state index contributed by atoms with van der Waals surface area (Å²) in [6, 6.07) is 41.1. The number of para-hydroxylation sites is 1. The molecule has 7 aromatic rings. The minimum absolute atomic E-state index is 0.193. The maximum atomic E-state index is 2.47. The smallest absolute Gasteiger partial charge is 0.246 e. The fourth-order valence-corrected chi connectivity index (χ4v) is 7.63. The summed E-state index contributed by atoms with van der Waals surface area (Å²) in [6.45, 7) is 6.88. The third-order valence-corrected chi connectivity index (χ3v) is 9.12. The minimum atomic E-state index is 0.193. The van der Waals surface area contributed by atoms with Crippen LogP contribution < -0.4 is 21.3 Å². The average Bonchev–Trinajstić information content (AvgIpc) is 2.96. The van der Waals surface area contributed by atoms with Crippen LogP contribution >= 0.6 is 0 Å². The topological polar surface area (TPSA) is 3.24 Å². The van der Waals surface area contributed by atoms with Crippen molar-refractivity contribution in [3.63, 3.8) is 0 Å². The van der Waals surface area contributed by atoms with E-state index in [2.05, 4.69) is 142 Å². The maximum absolute atomic E-state index is 2.47. The number of fused-ring (bicyclic) bond motifs is 3. The Morgan fingerprint density at radius 1 is 0.575 bits per heavy atom. The van der Waals surface area contributed by atoms with Crippen LogP contribution in [0.4, 0.5) is 11.4 Å². The molecule has 0 unspecified atom stereocenters. The molecule has 0 N–H and O–H groups in total. The summed E-state index contributed by atoms with van der Waals surface area (Å²) in [5.74, 6) is 0. The minimum Gasteiger partial charge on any atom is -0.345 e. The molecule has 0 spiro atoms. The van der Waals surface area contributed by atoms with E-state index >= 15 is 0 Å². The van der Waals surface area contributed by atoms with Crippen molar-refractivity contribution in [3.05, 3.63) is 126 Å². The summed E-state index contributed by atoms with van der Waals surface area (Å²) in [5, 5.41) is 8.03. The van der Waals surface area contributed by atoms with Gasteiger partial charge in [0, 0.05) is 23.8 Å². The van der Waals surface area contributed by atoms with Crippen LogP contribution in [0.3, 0.4) is 0 Å². The van der Waals surface area contributed by atoms with E-state index in [0.29, 0.717) is 0 Å². The average molecular weight is 511 g/mol. The lowest BCUT2D eigenvalue weighted by atomic mass is 9.35. The van der Waals surface area contributed by atoms with Gasteiger partial charge < -0.3 is 4.90 Å². The molecule has 0 aliphatic carbocycles. The molecule has 0 amide bonds. The Balaban J connectivity index is 1.48. The number of rotatable bonds is 2. The molecule has 0 fully saturated rings. The number of hydrogen-bond donors (Lipinski definition) is 0. The number of benzene rings is 7. The van der Waals surface area contributed by atoms with Gasteiger partial charge in [0.25, 0.3) is 0 Å². The molecule has 40 heavy (non-hydrogen) atoms. The van der Waals surface area contributed by atoms with Gasteiger partial charge >= 0.3 is 0 Å². The Morgan fingerprint density at radius 2 is 1.23 bits per heavy atom. The molecule has 0 bridgehead atoms. The molecule has 0 aromatic heterocycles. The second kappa shape index (κ2) is 8.47. The van der Waals surface area contributed by atoms with Crippen molar-refractivity contribution in [2.24, 2.45) is 0 Å². The summed E-state index contributed by atoms with van der Waals surface area (Å²) in [6.07, 6.45) is 0. The third-order valence-electron chi connectivity index (χ3n) is 9.12. The van der Waals surface area contributed by atoms with E-state index in [0.717, 1.165) is 0 Å². The molecule has 8 rings (SSSR count). The van der Waals surface area contributed by atoms with Crippen LogP contribution in [0.5, 0.6) is 0 Å². The second-order valence-electron chi connectivity index (χ2n) is 11.6. The molecule has 1 heterocycles. The molecule has 190 valence electrons. The highest BCUT2D eigenvalue weighted by Gasteiger charge is 2.34. The zero-order valence-corrected chi connectivity index (χ0v) is 23.4. The molecule has 0 radical (unpaired) electrons. The van der Waals surface area contributed by atoms with E-state index < -0.39 is 0 Å². The van der Waals surface area contributed by atoms with E-state index in [9.17, 15) is 0 Å². The van der Waals surface area contributed by atoms with E-state index in [-0.39, 0.29) is 6.71 Å². The lowest BCUT2D eigenvalue weighted by molar-refractivity contribution is 1.23. The third kappa shape index (κ3) is 3.17. The van der Waals surface area contributed by atoms with E-state index in [1.54, 1.807) is 0 Å². The highest BCUT2D eigenvalue weighted by atomic mass is 15.1. The Bertz CT molecular complexity index is 2080. The molecule has 1 aliphatic heterocycles. The van der Waals surface area contributed by atoms with Crippen molar-refractivity contribution in [2.45, 2.75) is 20.8 Å². The molecule has 1 aliphatic rings. The number of hydrogen-bond acceptors (Lipinski definition) is 1. The largest absolute Gasteiger partial charge is 0.345 e. The highest BCUT2D eigenvalue weighted by Crippen LogP contribution is 2.44. The first kappa shape index (κ1) is 23.3. The molecular formula is C38H30BN. The summed E-state index contributed by atoms with van der Waals surface area (Å²) in [5.41, 5.74) is 13.4. The SMILES string of the molecule is Cc1cc(C)c(-c2ccc3ccc4c5c(cc6ccc2c3c64)B(c2ccccc2)c2ccccc2N5C)c(C)c1. The van der Waals surface area contributed by atoms with Crippen LogP contribution in [0.2, 0.25) is 0 Å². The van der Waals surface area contributed by atoms with Crippen molar-refractivity contribution in [1.82, 2.24) is 0 Å². The normalized spacial score (nSPS) is 12.9. The van der Waals surface area contributed by atoms with Gasteiger partial charge in [0.2, 0.25) is 6.71 Å². The summed E-state index contributed by atoms with van der Waals surface area (Å²) in [7, 11) is 2.24. The van der Waals surface area contributed by atoms with Crippen LogP contribution in [-0.4, -0.2) is 13.8 Å². The van der Waals surface area contributed by atoms with Gasteiger partial charge in [-0.1, -0.05) is 114 Å². The van der Waals surface area contributed by atoms with E-state index in [1.165, 1.54) is 87.9 Å². The number of nitrogens with zero attached hydrogens (tertiary/aromatic N) is 1. The van der Waals surface area contributed by atoms with Crippen molar-refractivity contribution < 1.29 is 0 Å². The van der Waals surface area contributed by atoms with Crippen LogP contribution in [0.1, 0.15) is 16.7 Å². The molecule has 2 heteroatoms. The molecule has 1 nitrogen and oxygen atoms in total. The maximum Gasteiger partial charge on any atom is 0.246 e. The first-order valence-electron chi connectivity index (χ1n) is 14.2. The first-order valence-corrected chi connectivity index (χ1v) is 14.2. The Hall–Kier alpha value is -4.56. The van der Waals surface area contributed by atoms with Gasteiger partial charge in [0.15, 0.2) is 0 Å². The van der Waals surface area contributed by atoms with Crippen LogP contribution in [0.15, 0.2) is 109 Å². The molecule has 0 atom stereocenters. The second-order valence-corrected chi connectivity index (χ2v) is 11.6. The van der Waals surface area contributed by atoms with Crippen LogP contribution in [0.25, 0.3) is 43.4 Å². The Kier molecular flexibility index (Phi) is 4.94. The first-order chi connectivity index (χ1) is 19.5. The Labute approximate surface area is 236 Å². The summed E-state index contributed by atoms with van der Waals surface area (Å²) < 4.78 is 0. The lowest BCUT2D eigenvalue weighted by Gasteiger charge is -2.36. The molecule has 0 saturated heterocycles. The van der Waals surface area contributed by atoms with Gasteiger partial charge in [-0.15, -0.1) is 0 Å². The van der Waals surface area contributed by atoms with E-state index in [4.69, 9.17) is 0 Å². The monoisotopic (exact) mass is 511 g/mol. The standard InChI is InChI=1S/C38H30BN/c1-23-20-24(2)35(25(3)21-23)29-17-14-26-15-19-31-37-27(16-18-30(29)36(26)37)22-33-38(31)40(4)34-13-9-8-12-32(34)39(33)28-10-6-5-7-11-28/h5-22H,1-4H3. The quantitative estimate of drug-likeness (QED) is 0.169. The van der Waals surface area contributed by atoms with Gasteiger partial charge in [-0.05, 0) is 86.9 Å². The lowest BCUT2D eigenvalue weighted by Crippen LogP contribution is -2.57. The highest BCUT2D eigenvalue weighted by molar-refractivity contribution is 6.98. The molecule has 7 aromatic carbocycles. The van der Waals surface area contributed by atoms with Gasteiger partial charge in [0.05, 0.1) is 0 Å². The van der Waals surface area contributed by atoms with Gasteiger partial charge in [0.1, 0.15) is 0 Å². The zero-order valence-electron chi connectivity index (χ0n) is 23.4. The Morgan fingerprint density at radius 3 is 2.02 bits per heavy atom. The molecular weight excluding hydrogens is 481 g/mol. The van der Waals surface area contributed by atoms with Crippen molar-refractivity contribution in [3.8, 4) is 11.1 Å². The molecule has 0 saturated carbocycles. The van der Waals surface area contributed by atoms with Crippen LogP contribution in [-0.2, 0) is 0 Å². The van der Waals surface area contributed by atoms with Crippen LogP contribution in [0, 0.1) is 20.8 Å². The van der Waals surface area contributed by atoms with Crippen molar-refractivity contribution >= 4 is 66.8 Å². The van der Waals surface area contributed by atoms with Gasteiger partial charge in [-0.3, -0.25) is 0 Å². The van der Waals surface area contributed by atoms with Crippen molar-refractivity contribution in [1.29, 1.82) is 0 Å². The predicted octanol–water partition coefficient (Wildman–Crippen LogP) is 7.77. The number of aryl methyl sites for hydroxylation is 3. The summed E-state index contributed by atoms with van der Waals surface area (Å²) in [4.78, 5) is 2.42. The fourth-order valence-electron chi connectivity index (χ4n) is 7.63. The fraction of sp³-hybridized carbons (Fsp3) is 0.105. The van der Waals surface area contributed by atoms with Gasteiger partial charge in [-0.2, -0.15) is 0 Å².